The van der Waals surface area contributed by atoms with Crippen LogP contribution in [0, 0.1) is 16.7 Å². The number of rotatable bonds is 3. The minimum Gasteiger partial charge on any atom is -0.481 e. The number of hydrogen-bond acceptors (Lipinski definition) is 3. The molecule has 0 saturated carbocycles. The molecule has 0 aromatic rings. The molecule has 0 aromatic carbocycles. The van der Waals surface area contributed by atoms with Gasteiger partial charge in [0.1, 0.15) is 0 Å². The number of nitrogens with zero attached hydrogens (tertiary/aromatic N) is 1. The Morgan fingerprint density at radius 2 is 2.50 bits per heavy atom. The molecule has 0 amide bonds. The summed E-state index contributed by atoms with van der Waals surface area (Å²) in [6.07, 6.45) is 1.33. The van der Waals surface area contributed by atoms with Gasteiger partial charge in [-0.05, 0) is 19.4 Å². The lowest BCUT2D eigenvalue weighted by Gasteiger charge is -2.17. The average molecular weight is 168 g/mol. The van der Waals surface area contributed by atoms with E-state index < -0.39 is 11.4 Å². The van der Waals surface area contributed by atoms with Gasteiger partial charge in [-0.25, -0.2) is 0 Å². The zero-order valence-electron chi connectivity index (χ0n) is 6.84. The van der Waals surface area contributed by atoms with Crippen LogP contribution in [0.15, 0.2) is 0 Å². The van der Waals surface area contributed by atoms with Crippen molar-refractivity contribution in [2.24, 2.45) is 5.41 Å². The zero-order valence-corrected chi connectivity index (χ0v) is 6.84. The van der Waals surface area contributed by atoms with Crippen molar-refractivity contribution in [2.45, 2.75) is 19.3 Å². The SMILES string of the molecule is N#CC1(CCC(=O)O)CCNC1. The van der Waals surface area contributed by atoms with Gasteiger partial charge in [-0.15, -0.1) is 0 Å². The predicted octanol–water partition coefficient (Wildman–Crippen LogP) is 0.354. The van der Waals surface area contributed by atoms with Crippen molar-refractivity contribution in [1.29, 1.82) is 5.26 Å². The van der Waals surface area contributed by atoms with Crippen molar-refractivity contribution in [2.75, 3.05) is 13.1 Å². The number of carboxylic acids is 1. The van der Waals surface area contributed by atoms with E-state index >= 15 is 0 Å². The fraction of sp³-hybridized carbons (Fsp3) is 0.750. The summed E-state index contributed by atoms with van der Waals surface area (Å²) in [5.74, 6) is -0.823. The predicted molar refractivity (Wildman–Crippen MR) is 42.4 cm³/mol. The van der Waals surface area contributed by atoms with E-state index in [1.165, 1.54) is 0 Å². The molecular formula is C8H12N2O2. The molecule has 1 heterocycles. The maximum Gasteiger partial charge on any atom is 0.303 e. The van der Waals surface area contributed by atoms with E-state index in [2.05, 4.69) is 11.4 Å². The minimum absolute atomic E-state index is 0.0925. The molecule has 1 atom stereocenters. The van der Waals surface area contributed by atoms with Crippen molar-refractivity contribution in [3.05, 3.63) is 0 Å². The smallest absolute Gasteiger partial charge is 0.303 e. The summed E-state index contributed by atoms with van der Waals surface area (Å²) in [6, 6.07) is 2.21. The molecular weight excluding hydrogens is 156 g/mol. The maximum atomic E-state index is 10.3. The van der Waals surface area contributed by atoms with Gasteiger partial charge in [0.25, 0.3) is 0 Å². The Balaban J connectivity index is 2.46. The van der Waals surface area contributed by atoms with Crippen LogP contribution in [0.5, 0.6) is 0 Å². The monoisotopic (exact) mass is 168 g/mol. The molecule has 0 spiro atoms. The summed E-state index contributed by atoms with van der Waals surface area (Å²) in [5, 5.41) is 20.4. The first kappa shape index (κ1) is 9.01. The third-order valence-electron chi connectivity index (χ3n) is 2.30. The number of carbonyl (C=O) groups is 1. The van der Waals surface area contributed by atoms with E-state index in [1.807, 2.05) is 0 Å². The van der Waals surface area contributed by atoms with E-state index in [1.54, 1.807) is 0 Å². The van der Waals surface area contributed by atoms with Crippen molar-refractivity contribution in [1.82, 2.24) is 5.32 Å². The molecule has 1 saturated heterocycles. The molecule has 12 heavy (non-hydrogen) atoms. The minimum atomic E-state index is -0.823. The fourth-order valence-corrected chi connectivity index (χ4v) is 1.45. The van der Waals surface area contributed by atoms with Gasteiger partial charge in [0.2, 0.25) is 0 Å². The summed E-state index contributed by atoms with van der Waals surface area (Å²) >= 11 is 0. The second kappa shape index (κ2) is 3.55. The molecule has 4 heteroatoms. The van der Waals surface area contributed by atoms with Gasteiger partial charge in [-0.1, -0.05) is 0 Å². The zero-order chi connectivity index (χ0) is 9.03. The highest BCUT2D eigenvalue weighted by Crippen LogP contribution is 2.29. The average Bonchev–Trinajstić information content (AvgIpc) is 2.50. The molecule has 1 aliphatic rings. The van der Waals surface area contributed by atoms with Crippen LogP contribution in [-0.2, 0) is 4.79 Å². The van der Waals surface area contributed by atoms with Gasteiger partial charge in [0.15, 0.2) is 0 Å². The van der Waals surface area contributed by atoms with E-state index in [9.17, 15) is 4.79 Å². The molecule has 4 nitrogen and oxygen atoms in total. The fourth-order valence-electron chi connectivity index (χ4n) is 1.45. The Morgan fingerprint density at radius 1 is 1.75 bits per heavy atom. The molecule has 66 valence electrons. The van der Waals surface area contributed by atoms with Crippen LogP contribution >= 0.6 is 0 Å². The normalized spacial score (nSPS) is 28.2. The summed E-state index contributed by atoms with van der Waals surface area (Å²) < 4.78 is 0. The van der Waals surface area contributed by atoms with Crippen LogP contribution in [0.25, 0.3) is 0 Å². The molecule has 2 N–H and O–H groups in total. The summed E-state index contributed by atoms with van der Waals surface area (Å²) in [7, 11) is 0. The Morgan fingerprint density at radius 3 is 2.92 bits per heavy atom. The van der Waals surface area contributed by atoms with E-state index in [0.29, 0.717) is 13.0 Å². The lowest BCUT2D eigenvalue weighted by molar-refractivity contribution is -0.137. The van der Waals surface area contributed by atoms with Crippen molar-refractivity contribution in [3.63, 3.8) is 0 Å². The lowest BCUT2D eigenvalue weighted by Crippen LogP contribution is -2.22. The van der Waals surface area contributed by atoms with Crippen molar-refractivity contribution < 1.29 is 9.90 Å². The molecule has 1 rings (SSSR count). The Labute approximate surface area is 71.2 Å². The number of nitriles is 1. The van der Waals surface area contributed by atoms with Crippen LogP contribution in [0.4, 0.5) is 0 Å². The van der Waals surface area contributed by atoms with E-state index in [4.69, 9.17) is 10.4 Å². The van der Waals surface area contributed by atoms with Gasteiger partial charge in [-0.2, -0.15) is 5.26 Å². The van der Waals surface area contributed by atoms with Crippen LogP contribution in [0.2, 0.25) is 0 Å². The quantitative estimate of drug-likeness (QED) is 0.638. The molecule has 0 aromatic heterocycles. The van der Waals surface area contributed by atoms with Crippen LogP contribution in [0.3, 0.4) is 0 Å². The molecule has 0 bridgehead atoms. The van der Waals surface area contributed by atoms with Gasteiger partial charge in [0, 0.05) is 13.0 Å². The second-order valence-corrected chi connectivity index (χ2v) is 3.21. The van der Waals surface area contributed by atoms with Crippen LogP contribution < -0.4 is 5.32 Å². The highest BCUT2D eigenvalue weighted by molar-refractivity contribution is 5.66. The van der Waals surface area contributed by atoms with Gasteiger partial charge in [0.05, 0.1) is 11.5 Å². The third-order valence-corrected chi connectivity index (χ3v) is 2.30. The largest absolute Gasteiger partial charge is 0.481 e. The first-order valence-corrected chi connectivity index (χ1v) is 4.02. The standard InChI is InChI=1S/C8H12N2O2/c9-5-8(2-1-7(11)12)3-4-10-6-8/h10H,1-4,6H2,(H,11,12). The number of carboxylic acid groups (broad SMARTS) is 1. The third kappa shape index (κ3) is 1.95. The summed E-state index contributed by atoms with van der Waals surface area (Å²) in [4.78, 5) is 10.3. The molecule has 1 unspecified atom stereocenters. The first-order valence-electron chi connectivity index (χ1n) is 4.02. The van der Waals surface area contributed by atoms with E-state index in [-0.39, 0.29) is 6.42 Å². The summed E-state index contributed by atoms with van der Waals surface area (Å²) in [6.45, 7) is 1.46. The van der Waals surface area contributed by atoms with Crippen LogP contribution in [0.1, 0.15) is 19.3 Å². The van der Waals surface area contributed by atoms with Crippen molar-refractivity contribution >= 4 is 5.97 Å². The summed E-state index contributed by atoms with van der Waals surface area (Å²) in [5.41, 5.74) is -0.418. The van der Waals surface area contributed by atoms with Crippen molar-refractivity contribution in [3.8, 4) is 6.07 Å². The van der Waals surface area contributed by atoms with E-state index in [0.717, 1.165) is 13.0 Å². The second-order valence-electron chi connectivity index (χ2n) is 3.21. The lowest BCUT2D eigenvalue weighted by atomic mass is 9.84. The highest BCUT2D eigenvalue weighted by Gasteiger charge is 2.33. The van der Waals surface area contributed by atoms with Gasteiger partial charge >= 0.3 is 5.97 Å². The molecule has 0 aliphatic carbocycles. The number of hydrogen-bond donors (Lipinski definition) is 2. The Bertz CT molecular complexity index is 214. The highest BCUT2D eigenvalue weighted by atomic mass is 16.4. The molecule has 1 fully saturated rings. The number of aliphatic carboxylic acids is 1. The topological polar surface area (TPSA) is 73.1 Å². The number of nitrogens with one attached hydrogen (secondary N) is 1. The maximum absolute atomic E-state index is 10.3. The van der Waals surface area contributed by atoms with Gasteiger partial charge < -0.3 is 10.4 Å². The first-order chi connectivity index (χ1) is 5.68. The Kier molecular flexibility index (Phi) is 2.66. The van der Waals surface area contributed by atoms with Gasteiger partial charge in [-0.3, -0.25) is 4.79 Å². The molecule has 0 radical (unpaired) electrons. The Hall–Kier alpha value is -1.08. The molecule has 1 aliphatic heterocycles. The van der Waals surface area contributed by atoms with Crippen LogP contribution in [-0.4, -0.2) is 24.2 Å².